The Morgan fingerprint density at radius 2 is 1.85 bits per heavy atom. The zero-order chi connectivity index (χ0) is 9.26. The Hall–Kier alpha value is -0.810. The maximum Gasteiger partial charge on any atom is 0.252 e. The zero-order valence-corrected chi connectivity index (χ0v) is 8.77. The van der Waals surface area contributed by atoms with Gasteiger partial charge in [-0.05, 0) is 12.1 Å². The second kappa shape index (κ2) is 3.51. The van der Waals surface area contributed by atoms with Gasteiger partial charge >= 0.3 is 0 Å². The van der Waals surface area contributed by atoms with Crippen molar-refractivity contribution in [3.8, 4) is 11.3 Å². The van der Waals surface area contributed by atoms with E-state index in [1.54, 1.807) is 12.1 Å². The van der Waals surface area contributed by atoms with Crippen molar-refractivity contribution in [3.05, 3.63) is 34.7 Å². The summed E-state index contributed by atoms with van der Waals surface area (Å²) in [6, 6.07) is 7.27. The molecule has 0 atom stereocenters. The van der Waals surface area contributed by atoms with Crippen LogP contribution in [0.5, 0.6) is 0 Å². The molecule has 0 bridgehead atoms. The molecule has 0 N–H and O–H groups in total. The van der Waals surface area contributed by atoms with Crippen LogP contribution in [0.4, 0.5) is 4.39 Å². The minimum atomic E-state index is -0.507. The van der Waals surface area contributed by atoms with E-state index in [4.69, 9.17) is 0 Å². The van der Waals surface area contributed by atoms with Gasteiger partial charge in [0.05, 0.1) is 11.7 Å². The van der Waals surface area contributed by atoms with Gasteiger partial charge in [-0.3, -0.25) is 0 Å². The molecule has 13 heavy (non-hydrogen) atoms. The Kier molecular flexibility index (Phi) is 2.37. The number of aromatic nitrogens is 2. The average molecular weight is 259 g/mol. The van der Waals surface area contributed by atoms with Crippen LogP contribution in [0.25, 0.3) is 11.3 Å². The van der Waals surface area contributed by atoms with E-state index in [2.05, 4.69) is 24.7 Å². The lowest BCUT2D eigenvalue weighted by Crippen LogP contribution is -1.81. The smallest absolute Gasteiger partial charge is 0.181 e. The largest absolute Gasteiger partial charge is 0.252 e. The number of rotatable bonds is 1. The van der Waals surface area contributed by atoms with E-state index in [0.717, 1.165) is 21.8 Å². The second-order valence-corrected chi connectivity index (χ2v) is 3.85. The molecule has 0 saturated heterocycles. The van der Waals surface area contributed by atoms with Crippen LogP contribution in [0.3, 0.4) is 0 Å². The summed E-state index contributed by atoms with van der Waals surface area (Å²) in [7, 11) is 0. The summed E-state index contributed by atoms with van der Waals surface area (Å²) in [5, 5.41) is 0. The highest BCUT2D eigenvalue weighted by Gasteiger charge is 2.08. The molecule has 66 valence electrons. The van der Waals surface area contributed by atoms with Gasteiger partial charge in [-0.2, -0.15) is 8.76 Å². The first-order chi connectivity index (χ1) is 6.27. The van der Waals surface area contributed by atoms with Crippen LogP contribution in [0.15, 0.2) is 28.7 Å². The number of halogens is 2. The first-order valence-corrected chi connectivity index (χ1v) is 5.03. The molecule has 2 nitrogen and oxygen atoms in total. The third kappa shape index (κ3) is 1.76. The molecule has 0 saturated carbocycles. The molecule has 1 aromatic heterocycles. The van der Waals surface area contributed by atoms with E-state index in [0.29, 0.717) is 5.69 Å². The molecular weight excluding hydrogens is 255 g/mol. The van der Waals surface area contributed by atoms with Crippen LogP contribution in [-0.2, 0) is 0 Å². The molecule has 0 aliphatic heterocycles. The second-order valence-electron chi connectivity index (χ2n) is 2.41. The van der Waals surface area contributed by atoms with Crippen molar-refractivity contribution in [1.29, 1.82) is 0 Å². The van der Waals surface area contributed by atoms with E-state index in [1.807, 2.05) is 12.1 Å². The van der Waals surface area contributed by atoms with E-state index in [9.17, 15) is 4.39 Å². The predicted molar refractivity (Wildman–Crippen MR) is 53.0 cm³/mol. The molecule has 0 radical (unpaired) electrons. The highest BCUT2D eigenvalue weighted by molar-refractivity contribution is 9.10. The van der Waals surface area contributed by atoms with Gasteiger partial charge in [0.1, 0.15) is 5.69 Å². The molecule has 0 aliphatic rings. The van der Waals surface area contributed by atoms with E-state index in [1.165, 1.54) is 0 Å². The minimum Gasteiger partial charge on any atom is -0.181 e. The SMILES string of the molecule is Fc1nsnc1-c1ccc(Br)cc1. The molecule has 1 heterocycles. The number of hydrogen-bond acceptors (Lipinski definition) is 3. The predicted octanol–water partition coefficient (Wildman–Crippen LogP) is 3.11. The highest BCUT2D eigenvalue weighted by atomic mass is 79.9. The van der Waals surface area contributed by atoms with Gasteiger partial charge in [-0.25, -0.2) is 0 Å². The summed E-state index contributed by atoms with van der Waals surface area (Å²) < 4.78 is 21.2. The van der Waals surface area contributed by atoms with Crippen molar-refractivity contribution < 1.29 is 4.39 Å². The van der Waals surface area contributed by atoms with Crippen LogP contribution in [0, 0.1) is 5.95 Å². The summed E-state index contributed by atoms with van der Waals surface area (Å²) in [6.45, 7) is 0. The molecule has 0 fully saturated rings. The lowest BCUT2D eigenvalue weighted by molar-refractivity contribution is 0.599. The maximum absolute atomic E-state index is 13.0. The van der Waals surface area contributed by atoms with Crippen LogP contribution < -0.4 is 0 Å². The first kappa shape index (κ1) is 8.77. The molecular formula is C8H4BrFN2S. The van der Waals surface area contributed by atoms with Crippen LogP contribution >= 0.6 is 27.7 Å². The Bertz CT molecular complexity index is 412. The van der Waals surface area contributed by atoms with Gasteiger partial charge in [0.25, 0.3) is 5.95 Å². The fourth-order valence-electron chi connectivity index (χ4n) is 0.958. The quantitative estimate of drug-likeness (QED) is 0.786. The Balaban J connectivity index is 2.47. The molecule has 0 spiro atoms. The maximum atomic E-state index is 13.0. The van der Waals surface area contributed by atoms with E-state index in [-0.39, 0.29) is 0 Å². The van der Waals surface area contributed by atoms with Crippen molar-refractivity contribution in [1.82, 2.24) is 8.75 Å². The fourth-order valence-corrected chi connectivity index (χ4v) is 1.68. The van der Waals surface area contributed by atoms with Gasteiger partial charge in [0.15, 0.2) is 0 Å². The van der Waals surface area contributed by atoms with Gasteiger partial charge in [0.2, 0.25) is 0 Å². The van der Waals surface area contributed by atoms with Crippen molar-refractivity contribution in [2.24, 2.45) is 0 Å². The molecule has 0 unspecified atom stereocenters. The molecule has 2 rings (SSSR count). The number of benzene rings is 1. The Morgan fingerprint density at radius 3 is 2.38 bits per heavy atom. The van der Waals surface area contributed by atoms with Gasteiger partial charge in [-0.1, -0.05) is 28.1 Å². The standard InChI is InChI=1S/C8H4BrFN2S/c9-6-3-1-5(2-4-6)7-8(10)12-13-11-7/h1-4H. The van der Waals surface area contributed by atoms with Crippen molar-refractivity contribution in [2.75, 3.05) is 0 Å². The topological polar surface area (TPSA) is 25.8 Å². The lowest BCUT2D eigenvalue weighted by atomic mass is 10.2. The van der Waals surface area contributed by atoms with Crippen molar-refractivity contribution in [2.45, 2.75) is 0 Å². The monoisotopic (exact) mass is 258 g/mol. The molecule has 2 aromatic rings. The van der Waals surface area contributed by atoms with Gasteiger partial charge in [-0.15, -0.1) is 4.37 Å². The fraction of sp³-hybridized carbons (Fsp3) is 0. The normalized spacial score (nSPS) is 10.3. The van der Waals surface area contributed by atoms with Crippen molar-refractivity contribution >= 4 is 27.7 Å². The third-order valence-corrected chi connectivity index (χ3v) is 2.60. The molecule has 1 aromatic carbocycles. The molecule has 0 amide bonds. The summed E-state index contributed by atoms with van der Waals surface area (Å²) in [5.41, 5.74) is 1.06. The summed E-state index contributed by atoms with van der Waals surface area (Å²) >= 11 is 4.18. The number of hydrogen-bond donors (Lipinski definition) is 0. The van der Waals surface area contributed by atoms with E-state index >= 15 is 0 Å². The minimum absolute atomic E-state index is 0.317. The van der Waals surface area contributed by atoms with E-state index < -0.39 is 5.95 Å². The third-order valence-electron chi connectivity index (χ3n) is 1.57. The van der Waals surface area contributed by atoms with Crippen LogP contribution in [0.2, 0.25) is 0 Å². The molecule has 5 heteroatoms. The van der Waals surface area contributed by atoms with Crippen LogP contribution in [0.1, 0.15) is 0 Å². The van der Waals surface area contributed by atoms with Gasteiger partial charge < -0.3 is 0 Å². The first-order valence-electron chi connectivity index (χ1n) is 3.51. The van der Waals surface area contributed by atoms with Crippen molar-refractivity contribution in [3.63, 3.8) is 0 Å². The van der Waals surface area contributed by atoms with Crippen LogP contribution in [-0.4, -0.2) is 8.75 Å². The summed E-state index contributed by atoms with van der Waals surface area (Å²) in [5.74, 6) is -0.507. The Morgan fingerprint density at radius 1 is 1.15 bits per heavy atom. The average Bonchev–Trinajstić information content (AvgIpc) is 2.53. The Labute approximate surface area is 86.9 Å². The lowest BCUT2D eigenvalue weighted by Gasteiger charge is -1.95. The van der Waals surface area contributed by atoms with Gasteiger partial charge in [0, 0.05) is 10.0 Å². The summed E-state index contributed by atoms with van der Waals surface area (Å²) in [6.07, 6.45) is 0. The highest BCUT2D eigenvalue weighted by Crippen LogP contribution is 2.22. The molecule has 0 aliphatic carbocycles. The number of nitrogens with zero attached hydrogens (tertiary/aromatic N) is 2. The summed E-state index contributed by atoms with van der Waals surface area (Å²) in [4.78, 5) is 0. The zero-order valence-electron chi connectivity index (χ0n) is 6.37.